The van der Waals surface area contributed by atoms with E-state index in [1.54, 1.807) is 6.92 Å². The number of hydrogen-bond acceptors (Lipinski definition) is 0. The molecule has 90 valence electrons. The Morgan fingerprint density at radius 1 is 1.06 bits per heavy atom. The molecule has 1 aromatic rings. The predicted octanol–water partition coefficient (Wildman–Crippen LogP) is 4.38. The number of halogens is 5. The number of rotatable bonds is 2. The SMILES string of the molecule is CCc1ccc(C(F)(F)F)cc1C(C)(F)F. The Morgan fingerprint density at radius 3 is 2.00 bits per heavy atom. The molecule has 0 saturated carbocycles. The lowest BCUT2D eigenvalue weighted by Crippen LogP contribution is -2.14. The smallest absolute Gasteiger partial charge is 0.202 e. The molecule has 0 nitrogen and oxygen atoms in total. The molecule has 5 heteroatoms. The second-order valence-corrected chi connectivity index (χ2v) is 3.61. The van der Waals surface area contributed by atoms with Crippen molar-refractivity contribution in [3.63, 3.8) is 0 Å². The van der Waals surface area contributed by atoms with Gasteiger partial charge in [0.2, 0.25) is 0 Å². The summed E-state index contributed by atoms with van der Waals surface area (Å²) >= 11 is 0. The fourth-order valence-electron chi connectivity index (χ4n) is 1.47. The topological polar surface area (TPSA) is 0 Å². The van der Waals surface area contributed by atoms with Crippen LogP contribution in [-0.4, -0.2) is 0 Å². The van der Waals surface area contributed by atoms with Gasteiger partial charge in [-0.2, -0.15) is 13.2 Å². The van der Waals surface area contributed by atoms with Crippen LogP contribution in [0.2, 0.25) is 0 Å². The van der Waals surface area contributed by atoms with E-state index in [0.29, 0.717) is 13.0 Å². The van der Waals surface area contributed by atoms with Crippen LogP contribution in [0.3, 0.4) is 0 Å². The first kappa shape index (κ1) is 12.9. The highest BCUT2D eigenvalue weighted by atomic mass is 19.4. The van der Waals surface area contributed by atoms with Crippen LogP contribution in [-0.2, 0) is 18.5 Å². The molecule has 16 heavy (non-hydrogen) atoms. The van der Waals surface area contributed by atoms with Crippen molar-refractivity contribution >= 4 is 0 Å². The van der Waals surface area contributed by atoms with E-state index >= 15 is 0 Å². The van der Waals surface area contributed by atoms with Crippen LogP contribution in [0.4, 0.5) is 22.0 Å². The Kier molecular flexibility index (Phi) is 3.26. The molecule has 0 atom stereocenters. The zero-order chi connectivity index (χ0) is 12.6. The molecule has 0 fully saturated rings. The number of benzene rings is 1. The van der Waals surface area contributed by atoms with Crippen LogP contribution in [0, 0.1) is 0 Å². The zero-order valence-corrected chi connectivity index (χ0v) is 8.83. The van der Waals surface area contributed by atoms with E-state index in [1.807, 2.05) is 0 Å². The molecule has 0 radical (unpaired) electrons. The largest absolute Gasteiger partial charge is 0.416 e. The summed E-state index contributed by atoms with van der Waals surface area (Å²) in [5.74, 6) is -3.26. The quantitative estimate of drug-likeness (QED) is 0.671. The number of alkyl halides is 5. The van der Waals surface area contributed by atoms with Gasteiger partial charge in [0.05, 0.1) is 5.56 Å². The first-order valence-corrected chi connectivity index (χ1v) is 4.74. The van der Waals surface area contributed by atoms with Crippen molar-refractivity contribution in [2.45, 2.75) is 32.4 Å². The normalized spacial score (nSPS) is 12.9. The fraction of sp³-hybridized carbons (Fsp3) is 0.455. The minimum absolute atomic E-state index is 0.237. The number of hydrogen-bond donors (Lipinski definition) is 0. The summed E-state index contributed by atoms with van der Waals surface area (Å²) in [7, 11) is 0. The third-order valence-corrected chi connectivity index (χ3v) is 2.29. The summed E-state index contributed by atoms with van der Waals surface area (Å²) in [6, 6.07) is 2.46. The predicted molar refractivity (Wildman–Crippen MR) is 50.4 cm³/mol. The summed E-state index contributed by atoms with van der Waals surface area (Å²) in [6.45, 7) is 2.22. The Morgan fingerprint density at radius 2 is 1.62 bits per heavy atom. The van der Waals surface area contributed by atoms with Gasteiger partial charge in [-0.25, -0.2) is 8.78 Å². The zero-order valence-electron chi connectivity index (χ0n) is 8.83. The highest BCUT2D eigenvalue weighted by molar-refractivity contribution is 5.36. The van der Waals surface area contributed by atoms with Gasteiger partial charge in [-0.05, 0) is 24.1 Å². The van der Waals surface area contributed by atoms with Crippen molar-refractivity contribution in [2.75, 3.05) is 0 Å². The molecule has 0 unspecified atom stereocenters. The molecule has 0 saturated heterocycles. The highest BCUT2D eigenvalue weighted by Gasteiger charge is 2.34. The highest BCUT2D eigenvalue weighted by Crippen LogP contribution is 2.36. The van der Waals surface area contributed by atoms with Crippen molar-refractivity contribution in [1.82, 2.24) is 0 Å². The van der Waals surface area contributed by atoms with E-state index < -0.39 is 23.2 Å². The van der Waals surface area contributed by atoms with E-state index in [9.17, 15) is 22.0 Å². The second kappa shape index (κ2) is 4.03. The molecule has 0 bridgehead atoms. The Hall–Kier alpha value is -1.13. The van der Waals surface area contributed by atoms with Crippen molar-refractivity contribution in [3.8, 4) is 0 Å². The Bertz CT molecular complexity index is 373. The molecule has 0 N–H and O–H groups in total. The van der Waals surface area contributed by atoms with E-state index in [1.165, 1.54) is 0 Å². The summed E-state index contributed by atoms with van der Waals surface area (Å²) in [6.07, 6.45) is -4.32. The van der Waals surface area contributed by atoms with Crippen molar-refractivity contribution in [3.05, 3.63) is 34.9 Å². The maximum atomic E-state index is 13.1. The van der Waals surface area contributed by atoms with Crippen molar-refractivity contribution in [1.29, 1.82) is 0 Å². The Labute approximate surface area is 90.1 Å². The molecule has 0 amide bonds. The van der Waals surface area contributed by atoms with Crippen LogP contribution < -0.4 is 0 Å². The van der Waals surface area contributed by atoms with Crippen LogP contribution in [0.1, 0.15) is 30.5 Å². The van der Waals surface area contributed by atoms with Gasteiger partial charge in [0, 0.05) is 12.5 Å². The van der Waals surface area contributed by atoms with Crippen LogP contribution >= 0.6 is 0 Å². The van der Waals surface area contributed by atoms with E-state index in [0.717, 1.165) is 12.1 Å². The van der Waals surface area contributed by atoms with Gasteiger partial charge in [0.25, 0.3) is 5.92 Å². The first-order chi connectivity index (χ1) is 7.16. The molecular formula is C11H11F5. The van der Waals surface area contributed by atoms with E-state index in [4.69, 9.17) is 0 Å². The number of aryl methyl sites for hydroxylation is 1. The average Bonchev–Trinajstić information content (AvgIpc) is 2.14. The molecule has 1 aromatic carbocycles. The minimum Gasteiger partial charge on any atom is -0.202 e. The van der Waals surface area contributed by atoms with Crippen molar-refractivity contribution < 1.29 is 22.0 Å². The summed E-state index contributed by atoms with van der Waals surface area (Å²) in [5, 5.41) is 0. The standard InChI is InChI=1S/C11H11F5/c1-3-7-4-5-8(11(14,15)16)6-9(7)10(2,12)13/h4-6H,3H2,1-2H3. The lowest BCUT2D eigenvalue weighted by molar-refractivity contribution is -0.137. The molecule has 0 aromatic heterocycles. The van der Waals surface area contributed by atoms with Crippen molar-refractivity contribution in [2.24, 2.45) is 0 Å². The molecule has 0 heterocycles. The molecule has 0 spiro atoms. The lowest BCUT2D eigenvalue weighted by atomic mass is 9.97. The molecule has 0 aliphatic rings. The van der Waals surface area contributed by atoms with E-state index in [2.05, 4.69) is 0 Å². The van der Waals surface area contributed by atoms with Gasteiger partial charge >= 0.3 is 6.18 Å². The summed E-state index contributed by atoms with van der Waals surface area (Å²) in [5.41, 5.74) is -1.36. The third kappa shape index (κ3) is 2.71. The van der Waals surface area contributed by atoms with Gasteiger partial charge < -0.3 is 0 Å². The maximum Gasteiger partial charge on any atom is 0.416 e. The van der Waals surface area contributed by atoms with Crippen LogP contribution in [0.15, 0.2) is 18.2 Å². The molecular weight excluding hydrogens is 227 g/mol. The van der Waals surface area contributed by atoms with Gasteiger partial charge in [-0.1, -0.05) is 13.0 Å². The third-order valence-electron chi connectivity index (χ3n) is 2.29. The Balaban J connectivity index is 3.34. The minimum atomic E-state index is -4.59. The second-order valence-electron chi connectivity index (χ2n) is 3.61. The maximum absolute atomic E-state index is 13.1. The molecule has 0 aliphatic carbocycles. The fourth-order valence-corrected chi connectivity index (χ4v) is 1.47. The average molecular weight is 238 g/mol. The van der Waals surface area contributed by atoms with Crippen LogP contribution in [0.25, 0.3) is 0 Å². The van der Waals surface area contributed by atoms with Gasteiger partial charge in [-0.3, -0.25) is 0 Å². The van der Waals surface area contributed by atoms with Crippen LogP contribution in [0.5, 0.6) is 0 Å². The first-order valence-electron chi connectivity index (χ1n) is 4.74. The van der Waals surface area contributed by atoms with Gasteiger partial charge in [0.15, 0.2) is 0 Å². The summed E-state index contributed by atoms with van der Waals surface area (Å²) < 4.78 is 63.2. The van der Waals surface area contributed by atoms with E-state index in [-0.39, 0.29) is 12.0 Å². The van der Waals surface area contributed by atoms with Gasteiger partial charge in [-0.15, -0.1) is 0 Å². The monoisotopic (exact) mass is 238 g/mol. The summed E-state index contributed by atoms with van der Waals surface area (Å²) in [4.78, 5) is 0. The molecule has 0 aliphatic heterocycles. The molecule has 1 rings (SSSR count). The van der Waals surface area contributed by atoms with Gasteiger partial charge in [0.1, 0.15) is 0 Å². The lowest BCUT2D eigenvalue weighted by Gasteiger charge is -2.17.